The lowest BCUT2D eigenvalue weighted by Crippen LogP contribution is -2.36. The summed E-state index contributed by atoms with van der Waals surface area (Å²) >= 11 is 0. The van der Waals surface area contributed by atoms with Gasteiger partial charge in [-0.3, -0.25) is 24.0 Å². The van der Waals surface area contributed by atoms with Crippen LogP contribution < -0.4 is 9.62 Å². The number of aliphatic carboxylic acids is 1. The summed E-state index contributed by atoms with van der Waals surface area (Å²) in [5.41, 5.74) is -0.0541. The molecular formula is C17H17N3O7S. The molecule has 0 spiro atoms. The van der Waals surface area contributed by atoms with Gasteiger partial charge in [0.25, 0.3) is 15.7 Å². The number of carbonyl (C=O) groups is 2. The summed E-state index contributed by atoms with van der Waals surface area (Å²) in [7, 11) is -4.34. The first-order chi connectivity index (χ1) is 13.0. The van der Waals surface area contributed by atoms with Crippen molar-refractivity contribution in [2.75, 3.05) is 16.2 Å². The number of nitrogens with zero attached hydrogens (tertiary/aromatic N) is 2. The van der Waals surface area contributed by atoms with Crippen LogP contribution in [0.4, 0.5) is 17.1 Å². The molecule has 11 heteroatoms. The molecule has 0 unspecified atom stereocenters. The normalized spacial score (nSPS) is 10.9. The van der Waals surface area contributed by atoms with Crippen molar-refractivity contribution in [2.24, 2.45) is 0 Å². The smallest absolute Gasteiger partial charge is 0.324 e. The van der Waals surface area contributed by atoms with Gasteiger partial charge >= 0.3 is 5.97 Å². The van der Waals surface area contributed by atoms with E-state index in [-0.39, 0.29) is 27.7 Å². The minimum Gasteiger partial charge on any atom is -0.480 e. The summed E-state index contributed by atoms with van der Waals surface area (Å²) in [5, 5.41) is 22.8. The molecule has 0 atom stereocenters. The molecule has 28 heavy (non-hydrogen) atoms. The van der Waals surface area contributed by atoms with Crippen LogP contribution in [-0.2, 0) is 19.6 Å². The highest BCUT2D eigenvalue weighted by molar-refractivity contribution is 7.92. The number of rotatable bonds is 7. The number of benzene rings is 2. The van der Waals surface area contributed by atoms with E-state index >= 15 is 0 Å². The van der Waals surface area contributed by atoms with Crippen LogP contribution in [0, 0.1) is 17.0 Å². The maximum atomic E-state index is 13.0. The molecule has 0 radical (unpaired) electrons. The molecule has 0 bridgehead atoms. The van der Waals surface area contributed by atoms with Crippen molar-refractivity contribution in [3.05, 3.63) is 58.1 Å². The van der Waals surface area contributed by atoms with Crippen molar-refractivity contribution in [1.29, 1.82) is 0 Å². The van der Waals surface area contributed by atoms with E-state index in [0.29, 0.717) is 9.99 Å². The number of sulfonamides is 1. The Balaban J connectivity index is 2.56. The number of nitro benzene ring substituents is 1. The molecule has 0 aliphatic carbocycles. The molecule has 0 heterocycles. The molecule has 148 valence electrons. The van der Waals surface area contributed by atoms with Gasteiger partial charge in [0.1, 0.15) is 6.54 Å². The first kappa shape index (κ1) is 20.8. The van der Waals surface area contributed by atoms with Crippen molar-refractivity contribution >= 4 is 39.0 Å². The summed E-state index contributed by atoms with van der Waals surface area (Å²) in [5.74, 6) is -1.76. The Morgan fingerprint density at radius 1 is 1.18 bits per heavy atom. The first-order valence-electron chi connectivity index (χ1n) is 7.90. The predicted octanol–water partition coefficient (Wildman–Crippen LogP) is 2.14. The van der Waals surface area contributed by atoms with E-state index in [0.717, 1.165) is 0 Å². The van der Waals surface area contributed by atoms with Crippen LogP contribution >= 0.6 is 0 Å². The maximum absolute atomic E-state index is 13.0. The zero-order valence-electron chi connectivity index (χ0n) is 14.9. The number of hydrogen-bond acceptors (Lipinski definition) is 6. The van der Waals surface area contributed by atoms with E-state index in [4.69, 9.17) is 0 Å². The molecule has 0 saturated carbocycles. The second-order valence-corrected chi connectivity index (χ2v) is 7.65. The zero-order chi connectivity index (χ0) is 21.1. The molecule has 2 aromatic rings. The first-order valence-corrected chi connectivity index (χ1v) is 9.34. The van der Waals surface area contributed by atoms with E-state index in [1.54, 1.807) is 0 Å². The maximum Gasteiger partial charge on any atom is 0.324 e. The fourth-order valence-electron chi connectivity index (χ4n) is 2.54. The molecule has 0 aromatic heterocycles. The highest BCUT2D eigenvalue weighted by atomic mass is 32.2. The van der Waals surface area contributed by atoms with Gasteiger partial charge < -0.3 is 10.4 Å². The lowest BCUT2D eigenvalue weighted by molar-refractivity contribution is -0.385. The predicted molar refractivity (Wildman–Crippen MR) is 101 cm³/mol. The Kier molecular flexibility index (Phi) is 5.99. The fourth-order valence-corrected chi connectivity index (χ4v) is 4.01. The van der Waals surface area contributed by atoms with Crippen LogP contribution in [0.1, 0.15) is 12.5 Å². The van der Waals surface area contributed by atoms with Crippen LogP contribution in [-0.4, -0.2) is 36.9 Å². The van der Waals surface area contributed by atoms with Crippen molar-refractivity contribution in [3.8, 4) is 0 Å². The van der Waals surface area contributed by atoms with E-state index in [2.05, 4.69) is 5.32 Å². The number of amides is 1. The van der Waals surface area contributed by atoms with E-state index in [9.17, 15) is 33.2 Å². The number of nitro groups is 1. The number of hydrogen-bond donors (Lipinski definition) is 2. The standard InChI is InChI=1S/C17H17N3O7S/c1-11-15(4-3-5-16(11)20(24)25)19(10-17(22)23)28(26,27)14-8-6-13(7-9-14)18-12(2)21/h3-9H,10H2,1-2H3,(H,18,21)(H,22,23). The Bertz CT molecular complexity index is 1030. The topological polar surface area (TPSA) is 147 Å². The molecule has 2 aromatic carbocycles. The van der Waals surface area contributed by atoms with Crippen LogP contribution in [0.3, 0.4) is 0 Å². The Labute approximate surface area is 160 Å². The van der Waals surface area contributed by atoms with Crippen LogP contribution in [0.15, 0.2) is 47.4 Å². The van der Waals surface area contributed by atoms with Gasteiger partial charge in [-0.05, 0) is 37.3 Å². The highest BCUT2D eigenvalue weighted by Crippen LogP contribution is 2.32. The molecular weight excluding hydrogens is 390 g/mol. The van der Waals surface area contributed by atoms with Gasteiger partial charge in [0, 0.05) is 18.7 Å². The van der Waals surface area contributed by atoms with Crippen LogP contribution in [0.25, 0.3) is 0 Å². The molecule has 2 N–H and O–H groups in total. The van der Waals surface area contributed by atoms with Gasteiger partial charge in [-0.15, -0.1) is 0 Å². The van der Waals surface area contributed by atoms with Crippen molar-refractivity contribution in [2.45, 2.75) is 18.7 Å². The van der Waals surface area contributed by atoms with Gasteiger partial charge in [-0.25, -0.2) is 8.42 Å². The molecule has 0 saturated heterocycles. The van der Waals surface area contributed by atoms with Crippen molar-refractivity contribution in [3.63, 3.8) is 0 Å². The SMILES string of the molecule is CC(=O)Nc1ccc(S(=O)(=O)N(CC(=O)O)c2cccc([N+](=O)[O-])c2C)cc1. The van der Waals surface area contributed by atoms with Crippen molar-refractivity contribution in [1.82, 2.24) is 0 Å². The molecule has 2 rings (SSSR count). The fraction of sp³-hybridized carbons (Fsp3) is 0.176. The minimum atomic E-state index is -4.34. The molecule has 0 aliphatic heterocycles. The van der Waals surface area contributed by atoms with Crippen LogP contribution in [0.5, 0.6) is 0 Å². The van der Waals surface area contributed by atoms with Gasteiger partial charge in [0.15, 0.2) is 0 Å². The second-order valence-electron chi connectivity index (χ2n) is 5.79. The molecule has 0 fully saturated rings. The van der Waals surface area contributed by atoms with E-state index < -0.39 is 27.5 Å². The summed E-state index contributed by atoms with van der Waals surface area (Å²) in [6.07, 6.45) is 0. The van der Waals surface area contributed by atoms with Gasteiger partial charge in [-0.1, -0.05) is 6.07 Å². The van der Waals surface area contributed by atoms with E-state index in [1.165, 1.54) is 56.3 Å². The summed E-state index contributed by atoms with van der Waals surface area (Å²) in [6, 6.07) is 8.91. The Morgan fingerprint density at radius 2 is 1.79 bits per heavy atom. The number of nitrogens with one attached hydrogen (secondary N) is 1. The lowest BCUT2D eigenvalue weighted by atomic mass is 10.1. The third-order valence-corrected chi connectivity index (χ3v) is 5.56. The molecule has 0 aliphatic rings. The summed E-state index contributed by atoms with van der Waals surface area (Å²) < 4.78 is 26.7. The number of carboxylic acids is 1. The van der Waals surface area contributed by atoms with Crippen LogP contribution in [0.2, 0.25) is 0 Å². The average Bonchev–Trinajstić information content (AvgIpc) is 2.59. The number of carbonyl (C=O) groups excluding carboxylic acids is 1. The van der Waals surface area contributed by atoms with Gasteiger partial charge in [0.05, 0.1) is 21.1 Å². The summed E-state index contributed by atoms with van der Waals surface area (Å²) in [4.78, 5) is 32.6. The van der Waals surface area contributed by atoms with E-state index in [1.807, 2.05) is 0 Å². The van der Waals surface area contributed by atoms with Gasteiger partial charge in [-0.2, -0.15) is 0 Å². The monoisotopic (exact) mass is 407 g/mol. The third kappa shape index (κ3) is 4.43. The van der Waals surface area contributed by atoms with Crippen molar-refractivity contribution < 1.29 is 28.0 Å². The minimum absolute atomic E-state index is 0.0205. The Hall–Kier alpha value is -3.47. The molecule has 10 nitrogen and oxygen atoms in total. The average molecular weight is 407 g/mol. The number of carboxylic acid groups (broad SMARTS) is 1. The molecule has 1 amide bonds. The Morgan fingerprint density at radius 3 is 2.29 bits per heavy atom. The van der Waals surface area contributed by atoms with Gasteiger partial charge in [0.2, 0.25) is 5.91 Å². The lowest BCUT2D eigenvalue weighted by Gasteiger charge is -2.24. The zero-order valence-corrected chi connectivity index (χ0v) is 15.8. The quantitative estimate of drug-likeness (QED) is 0.528. The third-order valence-electron chi connectivity index (χ3n) is 3.78. The number of anilines is 2. The summed E-state index contributed by atoms with van der Waals surface area (Å²) in [6.45, 7) is 1.72. The highest BCUT2D eigenvalue weighted by Gasteiger charge is 2.30. The largest absolute Gasteiger partial charge is 0.480 e. The second kappa shape index (κ2) is 8.05.